The van der Waals surface area contributed by atoms with Gasteiger partial charge in [0.25, 0.3) is 0 Å². The molecule has 0 N–H and O–H groups in total. The third kappa shape index (κ3) is 3.77. The predicted octanol–water partition coefficient (Wildman–Crippen LogP) is 4.64. The maximum absolute atomic E-state index is 12.7. The Kier molecular flexibility index (Phi) is 4.91. The van der Waals surface area contributed by atoms with Crippen LogP contribution in [0.15, 0.2) is 24.3 Å². The summed E-state index contributed by atoms with van der Waals surface area (Å²) in [6, 6.07) is 6.93. The van der Waals surface area contributed by atoms with Crippen LogP contribution in [0.1, 0.15) is 43.0 Å². The molecule has 0 unspecified atom stereocenters. The van der Waals surface area contributed by atoms with Crippen LogP contribution in [0.5, 0.6) is 5.75 Å². The molecule has 1 aromatic rings. The van der Waals surface area contributed by atoms with Gasteiger partial charge in [0, 0.05) is 5.92 Å². The molecular formula is C16H19F3O2. The fraction of sp³-hybridized carbons (Fsp3) is 0.562. The van der Waals surface area contributed by atoms with Gasteiger partial charge in [-0.1, -0.05) is 12.1 Å². The number of para-hydroxylation sites is 1. The van der Waals surface area contributed by atoms with Crippen molar-refractivity contribution in [3.8, 4) is 5.75 Å². The number of halogens is 3. The number of hydrogen-bond acceptors (Lipinski definition) is 2. The van der Waals surface area contributed by atoms with Crippen LogP contribution in [0, 0.1) is 11.8 Å². The Morgan fingerprint density at radius 1 is 1.19 bits per heavy atom. The van der Waals surface area contributed by atoms with Crippen molar-refractivity contribution in [2.75, 3.05) is 6.61 Å². The van der Waals surface area contributed by atoms with E-state index in [0.717, 1.165) is 0 Å². The highest BCUT2D eigenvalue weighted by Gasteiger charge is 2.42. The smallest absolute Gasteiger partial charge is 0.391 e. The van der Waals surface area contributed by atoms with E-state index in [1.54, 1.807) is 24.3 Å². The highest BCUT2D eigenvalue weighted by Crippen LogP contribution is 2.40. The number of ketones is 1. The van der Waals surface area contributed by atoms with Crippen LogP contribution in [0.25, 0.3) is 0 Å². The Morgan fingerprint density at radius 2 is 1.81 bits per heavy atom. The molecule has 21 heavy (non-hydrogen) atoms. The second-order valence-corrected chi connectivity index (χ2v) is 5.38. The number of Topliss-reactive ketones (excluding diaryl/α,β-unsaturated/α-hetero) is 1. The topological polar surface area (TPSA) is 26.3 Å². The first-order valence-corrected chi connectivity index (χ1v) is 7.26. The average molecular weight is 300 g/mol. The van der Waals surface area contributed by atoms with E-state index in [2.05, 4.69) is 0 Å². The Bertz CT molecular complexity index is 489. The monoisotopic (exact) mass is 300 g/mol. The lowest BCUT2D eigenvalue weighted by Gasteiger charge is -2.29. The van der Waals surface area contributed by atoms with Gasteiger partial charge in [0.2, 0.25) is 0 Å². The van der Waals surface area contributed by atoms with Crippen molar-refractivity contribution >= 4 is 5.78 Å². The van der Waals surface area contributed by atoms with E-state index in [1.165, 1.54) is 0 Å². The summed E-state index contributed by atoms with van der Waals surface area (Å²) in [4.78, 5) is 12.5. The van der Waals surface area contributed by atoms with Crippen LogP contribution in [-0.4, -0.2) is 18.6 Å². The van der Waals surface area contributed by atoms with E-state index in [0.29, 0.717) is 30.8 Å². The van der Waals surface area contributed by atoms with E-state index in [4.69, 9.17) is 4.74 Å². The predicted molar refractivity (Wildman–Crippen MR) is 73.4 cm³/mol. The van der Waals surface area contributed by atoms with E-state index < -0.39 is 12.1 Å². The van der Waals surface area contributed by atoms with Crippen molar-refractivity contribution in [1.29, 1.82) is 0 Å². The summed E-state index contributed by atoms with van der Waals surface area (Å²) in [5.74, 6) is -1.17. The van der Waals surface area contributed by atoms with Crippen molar-refractivity contribution in [3.05, 3.63) is 29.8 Å². The Labute approximate surface area is 122 Å². The second kappa shape index (κ2) is 6.50. The summed E-state index contributed by atoms with van der Waals surface area (Å²) in [7, 11) is 0. The van der Waals surface area contributed by atoms with Crippen LogP contribution < -0.4 is 4.74 Å². The second-order valence-electron chi connectivity index (χ2n) is 5.38. The minimum Gasteiger partial charge on any atom is -0.493 e. The zero-order valence-electron chi connectivity index (χ0n) is 12.0. The van der Waals surface area contributed by atoms with E-state index in [1.807, 2.05) is 6.92 Å². The molecule has 0 amide bonds. The molecule has 1 aliphatic carbocycles. The van der Waals surface area contributed by atoms with Gasteiger partial charge in [0.05, 0.1) is 18.1 Å². The molecule has 0 atom stereocenters. The van der Waals surface area contributed by atoms with Gasteiger partial charge in [-0.15, -0.1) is 0 Å². The molecule has 5 heteroatoms. The molecule has 0 spiro atoms. The molecule has 0 saturated heterocycles. The summed E-state index contributed by atoms with van der Waals surface area (Å²) in [5, 5.41) is 0. The van der Waals surface area contributed by atoms with Gasteiger partial charge in [-0.25, -0.2) is 0 Å². The first-order valence-electron chi connectivity index (χ1n) is 7.26. The van der Waals surface area contributed by atoms with Gasteiger partial charge in [0.15, 0.2) is 5.78 Å². The van der Waals surface area contributed by atoms with E-state index in [-0.39, 0.29) is 24.5 Å². The summed E-state index contributed by atoms with van der Waals surface area (Å²) < 4.78 is 43.4. The van der Waals surface area contributed by atoms with Crippen LogP contribution >= 0.6 is 0 Å². The molecule has 0 bridgehead atoms. The summed E-state index contributed by atoms with van der Waals surface area (Å²) in [6.45, 7) is 2.28. The number of benzene rings is 1. The summed E-state index contributed by atoms with van der Waals surface area (Å²) in [6.07, 6.45) is -3.47. The molecule has 2 rings (SSSR count). The molecule has 1 aliphatic rings. The minimum atomic E-state index is -4.14. The standard InChI is InChI=1S/C16H19F3O2/c1-2-21-14-6-4-3-5-13(14)15(20)11-7-9-12(10-8-11)16(17,18)19/h3-6,11-12H,2,7-10H2,1H3. The van der Waals surface area contributed by atoms with Gasteiger partial charge in [-0.05, 0) is 44.7 Å². The average Bonchev–Trinajstić information content (AvgIpc) is 2.47. The molecule has 0 aromatic heterocycles. The van der Waals surface area contributed by atoms with Crippen LogP contribution in [0.3, 0.4) is 0 Å². The first kappa shape index (κ1) is 15.9. The normalized spacial score (nSPS) is 22.9. The maximum Gasteiger partial charge on any atom is 0.391 e. The molecule has 0 radical (unpaired) electrons. The molecular weight excluding hydrogens is 281 g/mol. The van der Waals surface area contributed by atoms with Crippen molar-refractivity contribution in [3.63, 3.8) is 0 Å². The quantitative estimate of drug-likeness (QED) is 0.757. The molecule has 2 nitrogen and oxygen atoms in total. The molecule has 0 aliphatic heterocycles. The number of carbonyl (C=O) groups excluding carboxylic acids is 1. The van der Waals surface area contributed by atoms with Crippen molar-refractivity contribution in [1.82, 2.24) is 0 Å². The van der Waals surface area contributed by atoms with Crippen molar-refractivity contribution < 1.29 is 22.7 Å². The van der Waals surface area contributed by atoms with Gasteiger partial charge in [-0.2, -0.15) is 13.2 Å². The van der Waals surface area contributed by atoms with Gasteiger partial charge in [0.1, 0.15) is 5.75 Å². The SMILES string of the molecule is CCOc1ccccc1C(=O)C1CCC(C(F)(F)F)CC1. The van der Waals surface area contributed by atoms with Crippen LogP contribution in [0.4, 0.5) is 13.2 Å². The zero-order chi connectivity index (χ0) is 15.5. The largest absolute Gasteiger partial charge is 0.493 e. The number of alkyl halides is 3. The lowest BCUT2D eigenvalue weighted by atomic mass is 9.78. The molecule has 1 fully saturated rings. The van der Waals surface area contributed by atoms with Crippen LogP contribution in [0.2, 0.25) is 0 Å². The van der Waals surface area contributed by atoms with Crippen molar-refractivity contribution in [2.24, 2.45) is 11.8 Å². The number of rotatable bonds is 4. The molecule has 116 valence electrons. The fourth-order valence-corrected chi connectivity index (χ4v) is 2.85. The van der Waals surface area contributed by atoms with Crippen molar-refractivity contribution in [2.45, 2.75) is 38.8 Å². The van der Waals surface area contributed by atoms with Crippen LogP contribution in [-0.2, 0) is 0 Å². The lowest BCUT2D eigenvalue weighted by Crippen LogP contribution is -2.30. The minimum absolute atomic E-state index is 0.0384. The molecule has 1 aromatic carbocycles. The summed E-state index contributed by atoms with van der Waals surface area (Å²) >= 11 is 0. The highest BCUT2D eigenvalue weighted by atomic mass is 19.4. The summed E-state index contributed by atoms with van der Waals surface area (Å²) in [5.41, 5.74) is 0.481. The van der Waals surface area contributed by atoms with Gasteiger partial charge in [-0.3, -0.25) is 4.79 Å². The highest BCUT2D eigenvalue weighted by molar-refractivity contribution is 6.00. The van der Waals surface area contributed by atoms with Gasteiger partial charge >= 0.3 is 6.18 Å². The lowest BCUT2D eigenvalue weighted by molar-refractivity contribution is -0.183. The number of hydrogen-bond donors (Lipinski definition) is 0. The molecule has 0 heterocycles. The number of ether oxygens (including phenoxy) is 1. The third-order valence-corrected chi connectivity index (χ3v) is 4.01. The fourth-order valence-electron chi connectivity index (χ4n) is 2.85. The Hall–Kier alpha value is -1.52. The number of carbonyl (C=O) groups is 1. The Balaban J connectivity index is 2.06. The van der Waals surface area contributed by atoms with Gasteiger partial charge < -0.3 is 4.74 Å². The molecule has 1 saturated carbocycles. The maximum atomic E-state index is 12.7. The first-order chi connectivity index (χ1) is 9.93. The zero-order valence-corrected chi connectivity index (χ0v) is 12.0. The Morgan fingerprint density at radius 3 is 2.38 bits per heavy atom. The van der Waals surface area contributed by atoms with E-state index in [9.17, 15) is 18.0 Å². The third-order valence-electron chi connectivity index (χ3n) is 4.01. The van der Waals surface area contributed by atoms with E-state index >= 15 is 0 Å².